The Morgan fingerprint density at radius 3 is 2.47 bits per heavy atom. The number of hydrogen-bond acceptors (Lipinski definition) is 4. The third-order valence-corrected chi connectivity index (χ3v) is 5.94. The number of halogens is 4. The van der Waals surface area contributed by atoms with Crippen LogP contribution >= 0.6 is 23.2 Å². The maximum atomic E-state index is 14.8. The van der Waals surface area contributed by atoms with Crippen molar-refractivity contribution in [2.75, 3.05) is 12.0 Å². The molecule has 0 bridgehead atoms. The molecule has 9 heteroatoms. The lowest BCUT2D eigenvalue weighted by Gasteiger charge is -2.26. The number of carbonyl (C=O) groups excluding carboxylic acids is 2. The Balaban J connectivity index is 2.05. The highest BCUT2D eigenvalue weighted by atomic mass is 35.5. The molecular weight excluding hydrogens is 487 g/mol. The highest BCUT2D eigenvalue weighted by Crippen LogP contribution is 2.45. The van der Waals surface area contributed by atoms with Gasteiger partial charge < -0.3 is 9.84 Å². The SMILES string of the molecule is COc1c(Cl)cc(Cl)cc1/C(O)=C1\C(=O)C(=O)N(c2cc(F)ccc2F)C1c1cccc(C)c1. The molecule has 1 heterocycles. The van der Waals surface area contributed by atoms with E-state index in [1.54, 1.807) is 31.2 Å². The molecule has 4 rings (SSSR count). The van der Waals surface area contributed by atoms with Crippen molar-refractivity contribution in [3.05, 3.63) is 98.5 Å². The highest BCUT2D eigenvalue weighted by Gasteiger charge is 2.48. The average molecular weight is 504 g/mol. The third kappa shape index (κ3) is 4.02. The van der Waals surface area contributed by atoms with Gasteiger partial charge in [0.05, 0.1) is 35.0 Å². The predicted molar refractivity (Wildman–Crippen MR) is 125 cm³/mol. The van der Waals surface area contributed by atoms with Crippen molar-refractivity contribution in [3.63, 3.8) is 0 Å². The van der Waals surface area contributed by atoms with Crippen molar-refractivity contribution in [1.82, 2.24) is 0 Å². The standard InChI is InChI=1S/C25H17Cl2F2NO4/c1-12-4-3-5-13(8-12)21-20(22(31)16-9-14(26)10-17(27)24(16)34-2)23(32)25(33)30(21)19-11-15(28)6-7-18(19)29/h3-11,21,31H,1-2H3/b22-20+. The lowest BCUT2D eigenvalue weighted by atomic mass is 9.94. The Bertz CT molecular complexity index is 1370. The van der Waals surface area contributed by atoms with Gasteiger partial charge in [0, 0.05) is 11.1 Å². The van der Waals surface area contributed by atoms with Gasteiger partial charge in [-0.3, -0.25) is 14.5 Å². The number of methoxy groups -OCH3 is 1. The largest absolute Gasteiger partial charge is 0.507 e. The van der Waals surface area contributed by atoms with E-state index in [0.29, 0.717) is 5.56 Å². The molecule has 3 aromatic rings. The number of amides is 1. The highest BCUT2D eigenvalue weighted by molar-refractivity contribution is 6.52. The zero-order chi connectivity index (χ0) is 24.7. The van der Waals surface area contributed by atoms with Crippen LogP contribution in [0, 0.1) is 18.6 Å². The molecule has 5 nitrogen and oxygen atoms in total. The normalized spacial score (nSPS) is 17.4. The fourth-order valence-electron chi connectivity index (χ4n) is 4.00. The number of Topliss-reactive ketones (excluding diaryl/α,β-unsaturated/α-hetero) is 1. The van der Waals surface area contributed by atoms with Crippen LogP contribution in [0.5, 0.6) is 5.75 Å². The van der Waals surface area contributed by atoms with E-state index in [1.807, 2.05) is 0 Å². The molecule has 1 unspecified atom stereocenters. The topological polar surface area (TPSA) is 66.8 Å². The number of nitrogens with zero attached hydrogens (tertiary/aromatic N) is 1. The summed E-state index contributed by atoms with van der Waals surface area (Å²) in [6.07, 6.45) is 0. The van der Waals surface area contributed by atoms with Crippen LogP contribution < -0.4 is 9.64 Å². The van der Waals surface area contributed by atoms with Crippen molar-refractivity contribution < 1.29 is 28.2 Å². The molecule has 3 aromatic carbocycles. The summed E-state index contributed by atoms with van der Waals surface area (Å²) >= 11 is 12.3. The maximum absolute atomic E-state index is 14.8. The molecule has 0 spiro atoms. The van der Waals surface area contributed by atoms with Gasteiger partial charge in [-0.1, -0.05) is 53.0 Å². The second kappa shape index (κ2) is 9.08. The van der Waals surface area contributed by atoms with Gasteiger partial charge in [-0.15, -0.1) is 0 Å². The number of aliphatic hydroxyl groups is 1. The molecule has 1 amide bonds. The van der Waals surface area contributed by atoms with Crippen molar-refractivity contribution in [2.45, 2.75) is 13.0 Å². The van der Waals surface area contributed by atoms with Gasteiger partial charge in [-0.2, -0.15) is 0 Å². The van der Waals surface area contributed by atoms with Gasteiger partial charge >= 0.3 is 0 Å². The number of hydrogen-bond donors (Lipinski definition) is 1. The van der Waals surface area contributed by atoms with Crippen LogP contribution in [0.25, 0.3) is 5.76 Å². The summed E-state index contributed by atoms with van der Waals surface area (Å²) in [6.45, 7) is 1.79. The van der Waals surface area contributed by atoms with Crippen molar-refractivity contribution >= 4 is 46.3 Å². The first-order valence-corrected chi connectivity index (χ1v) is 10.8. The Labute approximate surface area is 203 Å². The number of carbonyl (C=O) groups is 2. The van der Waals surface area contributed by atoms with Gasteiger partial charge in [-0.05, 0) is 36.8 Å². The summed E-state index contributed by atoms with van der Waals surface area (Å²) < 4.78 is 34.1. The van der Waals surface area contributed by atoms with Gasteiger partial charge in [0.15, 0.2) is 0 Å². The van der Waals surface area contributed by atoms with Crippen LogP contribution in [-0.2, 0) is 9.59 Å². The molecular formula is C25H17Cl2F2NO4. The first kappa shape index (κ1) is 23.7. The Morgan fingerprint density at radius 2 is 1.79 bits per heavy atom. The summed E-state index contributed by atoms with van der Waals surface area (Å²) in [5.74, 6) is -4.54. The molecule has 0 aromatic heterocycles. The van der Waals surface area contributed by atoms with Crippen molar-refractivity contribution in [2.24, 2.45) is 0 Å². The number of ketones is 1. The number of anilines is 1. The minimum absolute atomic E-state index is 0.0229. The minimum atomic E-state index is -1.27. The molecule has 1 aliphatic rings. The van der Waals surface area contributed by atoms with E-state index in [0.717, 1.165) is 28.7 Å². The van der Waals surface area contributed by atoms with E-state index in [1.165, 1.54) is 19.2 Å². The average Bonchev–Trinajstić information content (AvgIpc) is 3.05. The van der Waals surface area contributed by atoms with Gasteiger partial charge in [0.25, 0.3) is 11.7 Å². The Hall–Kier alpha value is -3.42. The minimum Gasteiger partial charge on any atom is -0.507 e. The van der Waals surface area contributed by atoms with E-state index < -0.39 is 40.8 Å². The van der Waals surface area contributed by atoms with E-state index in [-0.39, 0.29) is 26.9 Å². The fraction of sp³-hybridized carbons (Fsp3) is 0.120. The van der Waals surface area contributed by atoms with Crippen molar-refractivity contribution in [3.8, 4) is 5.75 Å². The number of aliphatic hydroxyl groups excluding tert-OH is 1. The van der Waals surface area contributed by atoms with E-state index in [2.05, 4.69) is 0 Å². The van der Waals surface area contributed by atoms with Crippen LogP contribution in [0.1, 0.15) is 22.7 Å². The molecule has 0 saturated carbocycles. The number of rotatable bonds is 4. The van der Waals surface area contributed by atoms with E-state index in [4.69, 9.17) is 27.9 Å². The molecule has 1 saturated heterocycles. The quantitative estimate of drug-likeness (QED) is 0.261. The molecule has 174 valence electrons. The second-order valence-corrected chi connectivity index (χ2v) is 8.49. The van der Waals surface area contributed by atoms with Gasteiger partial charge in [0.2, 0.25) is 0 Å². The molecule has 0 aliphatic carbocycles. The second-order valence-electron chi connectivity index (χ2n) is 7.65. The summed E-state index contributed by atoms with van der Waals surface area (Å²) in [4.78, 5) is 27.2. The maximum Gasteiger partial charge on any atom is 0.300 e. The smallest absolute Gasteiger partial charge is 0.300 e. The van der Waals surface area contributed by atoms with Crippen LogP contribution in [0.15, 0.2) is 60.2 Å². The molecule has 0 radical (unpaired) electrons. The zero-order valence-electron chi connectivity index (χ0n) is 17.9. The van der Waals surface area contributed by atoms with Crippen LogP contribution in [0.2, 0.25) is 10.0 Å². The zero-order valence-corrected chi connectivity index (χ0v) is 19.4. The lowest BCUT2D eigenvalue weighted by molar-refractivity contribution is -0.132. The number of ether oxygens (including phenoxy) is 1. The molecule has 1 aliphatic heterocycles. The van der Waals surface area contributed by atoms with Crippen LogP contribution in [0.3, 0.4) is 0 Å². The summed E-state index contributed by atoms with van der Waals surface area (Å²) in [5.41, 5.74) is 0.359. The molecule has 1 N–H and O–H groups in total. The Kier molecular flexibility index (Phi) is 6.34. The van der Waals surface area contributed by atoms with E-state index >= 15 is 0 Å². The first-order valence-electron chi connectivity index (χ1n) is 10.00. The fourth-order valence-corrected chi connectivity index (χ4v) is 4.57. The Morgan fingerprint density at radius 1 is 1.06 bits per heavy atom. The third-order valence-electron chi connectivity index (χ3n) is 5.44. The van der Waals surface area contributed by atoms with Gasteiger partial charge in [0.1, 0.15) is 23.1 Å². The molecule has 1 atom stereocenters. The number of aryl methyl sites for hydroxylation is 1. The summed E-state index contributed by atoms with van der Waals surface area (Å²) in [5, 5.41) is 11.5. The van der Waals surface area contributed by atoms with Crippen molar-refractivity contribution in [1.29, 1.82) is 0 Å². The predicted octanol–water partition coefficient (Wildman–Crippen LogP) is 6.21. The van der Waals surface area contributed by atoms with Gasteiger partial charge in [-0.25, -0.2) is 8.78 Å². The first-order chi connectivity index (χ1) is 16.1. The summed E-state index contributed by atoms with van der Waals surface area (Å²) in [6, 6.07) is 10.8. The number of benzene rings is 3. The molecule has 1 fully saturated rings. The summed E-state index contributed by atoms with van der Waals surface area (Å²) in [7, 11) is 1.31. The van der Waals surface area contributed by atoms with Crippen LogP contribution in [-0.4, -0.2) is 23.9 Å². The monoisotopic (exact) mass is 503 g/mol. The van der Waals surface area contributed by atoms with Crippen LogP contribution in [0.4, 0.5) is 14.5 Å². The van der Waals surface area contributed by atoms with E-state index in [9.17, 15) is 23.5 Å². The molecule has 34 heavy (non-hydrogen) atoms. The lowest BCUT2D eigenvalue weighted by Crippen LogP contribution is -2.30.